The second-order valence-electron chi connectivity index (χ2n) is 2.56. The van der Waals surface area contributed by atoms with E-state index in [0.717, 1.165) is 0 Å². The Bertz CT molecular complexity index is 272. The number of nitrogens with zero attached hydrogens (tertiary/aromatic N) is 2. The topological polar surface area (TPSA) is 35.1 Å². The summed E-state index contributed by atoms with van der Waals surface area (Å²) in [7, 11) is 3.62. The fourth-order valence-corrected chi connectivity index (χ4v) is 1.07. The van der Waals surface area contributed by atoms with Gasteiger partial charge in [0.05, 0.1) is 20.7 Å². The zero-order valence-electron chi connectivity index (χ0n) is 7.57. The quantitative estimate of drug-likeness (QED) is 0.462. The van der Waals surface area contributed by atoms with Crippen LogP contribution in [0.5, 0.6) is 0 Å². The van der Waals surface area contributed by atoms with Crippen molar-refractivity contribution >= 4 is 5.97 Å². The van der Waals surface area contributed by atoms with Crippen LogP contribution in [-0.4, -0.2) is 17.1 Å². The molecule has 0 fully saturated rings. The Labute approximate surface area is 71.4 Å². The van der Waals surface area contributed by atoms with Crippen LogP contribution in [0.15, 0.2) is 12.4 Å². The van der Waals surface area contributed by atoms with Crippen LogP contribution in [-0.2, 0) is 18.8 Å². The predicted molar refractivity (Wildman–Crippen MR) is 42.5 cm³/mol. The molecule has 1 aromatic rings. The third-order valence-electron chi connectivity index (χ3n) is 1.64. The first kappa shape index (κ1) is 8.77. The van der Waals surface area contributed by atoms with Crippen LogP contribution < -0.4 is 4.57 Å². The minimum Gasteiger partial charge on any atom is -0.457 e. The molecule has 0 aromatic carbocycles. The summed E-state index contributed by atoms with van der Waals surface area (Å²) in [6.07, 6.45) is 3.62. The minimum absolute atomic E-state index is 0.285. The lowest BCUT2D eigenvalue weighted by Crippen LogP contribution is -2.35. The molecule has 0 unspecified atom stereocenters. The van der Waals surface area contributed by atoms with Gasteiger partial charge in [-0.3, -0.25) is 0 Å². The average molecular weight is 169 g/mol. The largest absolute Gasteiger partial charge is 0.457 e. The second kappa shape index (κ2) is 3.38. The lowest BCUT2D eigenvalue weighted by atomic mass is 10.6. The Balaban J connectivity index is 2.93. The van der Waals surface area contributed by atoms with Crippen molar-refractivity contribution in [2.75, 3.05) is 6.61 Å². The Kier molecular flexibility index (Phi) is 2.47. The van der Waals surface area contributed by atoms with E-state index in [1.54, 1.807) is 16.1 Å². The number of aryl methyl sites for hydroxylation is 2. The van der Waals surface area contributed by atoms with Crippen molar-refractivity contribution in [3.05, 3.63) is 18.2 Å². The maximum absolute atomic E-state index is 11.3. The molecular formula is C8H13N2O2+. The summed E-state index contributed by atoms with van der Waals surface area (Å²) >= 11 is 0. The SMILES string of the molecule is CCOC(=O)c1n(C)cc[n+]1C. The first-order valence-electron chi connectivity index (χ1n) is 3.85. The molecule has 1 rings (SSSR count). The molecule has 0 aliphatic heterocycles. The Morgan fingerprint density at radius 1 is 1.75 bits per heavy atom. The molecule has 0 N–H and O–H groups in total. The summed E-state index contributed by atoms with van der Waals surface area (Å²) in [6.45, 7) is 2.20. The number of hydrogen-bond donors (Lipinski definition) is 0. The Hall–Kier alpha value is -1.32. The highest BCUT2D eigenvalue weighted by Gasteiger charge is 2.21. The molecule has 12 heavy (non-hydrogen) atoms. The van der Waals surface area contributed by atoms with Gasteiger partial charge in [0.25, 0.3) is 0 Å². The maximum Gasteiger partial charge on any atom is 0.422 e. The molecule has 1 heterocycles. The third-order valence-corrected chi connectivity index (χ3v) is 1.64. The molecule has 0 atom stereocenters. The van der Waals surface area contributed by atoms with E-state index in [9.17, 15) is 4.79 Å². The van der Waals surface area contributed by atoms with Crippen molar-refractivity contribution in [2.24, 2.45) is 14.1 Å². The van der Waals surface area contributed by atoms with Gasteiger partial charge in [-0.25, -0.2) is 13.9 Å². The number of imidazole rings is 1. The monoisotopic (exact) mass is 169 g/mol. The summed E-state index contributed by atoms with van der Waals surface area (Å²) in [5.41, 5.74) is 0. The number of carbonyl (C=O) groups is 1. The van der Waals surface area contributed by atoms with Gasteiger partial charge in [-0.2, -0.15) is 0 Å². The number of hydrogen-bond acceptors (Lipinski definition) is 2. The molecule has 0 saturated carbocycles. The molecule has 0 bridgehead atoms. The number of ether oxygens (including phenoxy) is 1. The molecule has 0 radical (unpaired) electrons. The van der Waals surface area contributed by atoms with Gasteiger partial charge in [-0.1, -0.05) is 0 Å². The standard InChI is InChI=1S/C8H13N2O2/c1-4-12-8(11)7-9(2)5-6-10(7)3/h5-6H,4H2,1-3H3/q+1. The summed E-state index contributed by atoms with van der Waals surface area (Å²) in [6, 6.07) is 0. The van der Waals surface area contributed by atoms with Crippen LogP contribution in [0.25, 0.3) is 0 Å². The van der Waals surface area contributed by atoms with E-state index in [-0.39, 0.29) is 5.97 Å². The molecule has 0 spiro atoms. The van der Waals surface area contributed by atoms with E-state index < -0.39 is 0 Å². The van der Waals surface area contributed by atoms with Crippen LogP contribution in [0.1, 0.15) is 17.5 Å². The number of aromatic nitrogens is 2. The fraction of sp³-hybridized carbons (Fsp3) is 0.500. The smallest absolute Gasteiger partial charge is 0.422 e. The van der Waals surface area contributed by atoms with Crippen molar-refractivity contribution in [3.8, 4) is 0 Å². The van der Waals surface area contributed by atoms with Crippen LogP contribution >= 0.6 is 0 Å². The van der Waals surface area contributed by atoms with Crippen LogP contribution in [0.4, 0.5) is 0 Å². The summed E-state index contributed by atoms with van der Waals surface area (Å²) in [5, 5.41) is 0. The van der Waals surface area contributed by atoms with Gasteiger partial charge in [-0.15, -0.1) is 0 Å². The summed E-state index contributed by atoms with van der Waals surface area (Å²) in [5.74, 6) is 0.268. The van der Waals surface area contributed by atoms with Crippen LogP contribution in [0.2, 0.25) is 0 Å². The molecule has 0 amide bonds. The van der Waals surface area contributed by atoms with E-state index in [2.05, 4.69) is 0 Å². The molecule has 0 aliphatic carbocycles. The highest BCUT2D eigenvalue weighted by molar-refractivity contribution is 5.83. The molecule has 0 aliphatic rings. The van der Waals surface area contributed by atoms with Crippen LogP contribution in [0, 0.1) is 0 Å². The zero-order valence-corrected chi connectivity index (χ0v) is 7.57. The number of carbonyl (C=O) groups excluding carboxylic acids is 1. The van der Waals surface area contributed by atoms with Gasteiger partial charge in [0.1, 0.15) is 12.4 Å². The summed E-state index contributed by atoms with van der Waals surface area (Å²) < 4.78 is 8.34. The first-order valence-corrected chi connectivity index (χ1v) is 3.85. The van der Waals surface area contributed by atoms with Gasteiger partial charge < -0.3 is 4.74 Å². The van der Waals surface area contributed by atoms with Crippen molar-refractivity contribution in [1.29, 1.82) is 0 Å². The van der Waals surface area contributed by atoms with Crippen molar-refractivity contribution < 1.29 is 14.1 Å². The highest BCUT2D eigenvalue weighted by atomic mass is 16.5. The van der Waals surface area contributed by atoms with Gasteiger partial charge in [0.15, 0.2) is 0 Å². The van der Waals surface area contributed by atoms with Gasteiger partial charge in [0, 0.05) is 0 Å². The van der Waals surface area contributed by atoms with Crippen LogP contribution in [0.3, 0.4) is 0 Å². The third kappa shape index (κ3) is 1.47. The molecule has 66 valence electrons. The average Bonchev–Trinajstić information content (AvgIpc) is 2.32. The molecule has 4 nitrogen and oxygen atoms in total. The molecule has 1 aromatic heterocycles. The van der Waals surface area contributed by atoms with E-state index >= 15 is 0 Å². The summed E-state index contributed by atoms with van der Waals surface area (Å²) in [4.78, 5) is 11.3. The Morgan fingerprint density at radius 3 is 2.83 bits per heavy atom. The molecule has 4 heteroatoms. The van der Waals surface area contributed by atoms with E-state index in [0.29, 0.717) is 12.4 Å². The van der Waals surface area contributed by atoms with Crippen molar-refractivity contribution in [3.63, 3.8) is 0 Å². The van der Waals surface area contributed by atoms with Crippen molar-refractivity contribution in [2.45, 2.75) is 6.92 Å². The second-order valence-corrected chi connectivity index (χ2v) is 2.56. The molecular weight excluding hydrogens is 156 g/mol. The zero-order chi connectivity index (χ0) is 9.14. The first-order chi connectivity index (χ1) is 5.66. The number of rotatable bonds is 2. The predicted octanol–water partition coefficient (Wildman–Crippen LogP) is 0.0263. The fourth-order valence-electron chi connectivity index (χ4n) is 1.07. The van der Waals surface area contributed by atoms with E-state index in [4.69, 9.17) is 4.74 Å². The lowest BCUT2D eigenvalue weighted by Gasteiger charge is -1.97. The van der Waals surface area contributed by atoms with Gasteiger partial charge in [0.2, 0.25) is 0 Å². The van der Waals surface area contributed by atoms with E-state index in [1.165, 1.54) is 0 Å². The highest BCUT2D eigenvalue weighted by Crippen LogP contribution is 1.94. The van der Waals surface area contributed by atoms with Gasteiger partial charge >= 0.3 is 11.8 Å². The minimum atomic E-state index is -0.285. The Morgan fingerprint density at radius 2 is 2.42 bits per heavy atom. The lowest BCUT2D eigenvalue weighted by molar-refractivity contribution is -0.673. The van der Waals surface area contributed by atoms with Gasteiger partial charge in [-0.05, 0) is 6.92 Å². The number of esters is 1. The molecule has 0 saturated heterocycles. The maximum atomic E-state index is 11.3. The van der Waals surface area contributed by atoms with E-state index in [1.807, 2.05) is 26.5 Å². The van der Waals surface area contributed by atoms with Crippen molar-refractivity contribution in [1.82, 2.24) is 4.57 Å². The normalized spacial score (nSPS) is 9.92.